The molecule has 1 saturated heterocycles. The summed E-state index contributed by atoms with van der Waals surface area (Å²) in [6, 6.07) is 3.96. The fraction of sp³-hybridized carbons (Fsp3) is 0.429. The Hall–Kier alpha value is -1.80. The number of esters is 1. The van der Waals surface area contributed by atoms with Crippen molar-refractivity contribution in [2.75, 3.05) is 25.2 Å². The van der Waals surface area contributed by atoms with Gasteiger partial charge in [-0.2, -0.15) is 0 Å². The van der Waals surface area contributed by atoms with Gasteiger partial charge in [-0.15, -0.1) is 0 Å². The van der Waals surface area contributed by atoms with Gasteiger partial charge in [0.2, 0.25) is 0 Å². The molecule has 0 radical (unpaired) electrons. The van der Waals surface area contributed by atoms with Crippen LogP contribution in [0, 0.1) is 0 Å². The molecule has 1 aromatic rings. The topological polar surface area (TPSA) is 98.8 Å². The van der Waals surface area contributed by atoms with E-state index in [1.54, 1.807) is 0 Å². The van der Waals surface area contributed by atoms with Crippen LogP contribution in [0.15, 0.2) is 18.2 Å². The van der Waals surface area contributed by atoms with E-state index in [2.05, 4.69) is 10.1 Å². The Balaban J connectivity index is 1.95. The number of carbonyl (C=O) groups is 2. The number of methoxy groups -OCH3 is 1. The summed E-state index contributed by atoms with van der Waals surface area (Å²) in [4.78, 5) is 23.5. The maximum atomic E-state index is 11.8. The molecule has 1 amide bonds. The number of hydrogen-bond donors (Lipinski definition) is 1. The maximum absolute atomic E-state index is 11.8. The van der Waals surface area contributed by atoms with E-state index in [4.69, 9.17) is 16.3 Å². The summed E-state index contributed by atoms with van der Waals surface area (Å²) in [5.74, 6) is -0.923. The van der Waals surface area contributed by atoms with Crippen LogP contribution in [-0.2, 0) is 19.4 Å². The number of carbonyl (C=O) groups excluding carboxylic acids is 2. The third-order valence-corrected chi connectivity index (χ3v) is 5.31. The monoisotopic (exact) mass is 361 g/mol. The zero-order valence-corrected chi connectivity index (χ0v) is 13.9. The van der Waals surface area contributed by atoms with Gasteiger partial charge in [-0.25, -0.2) is 13.2 Å². The van der Waals surface area contributed by atoms with Crippen LogP contribution in [0.2, 0.25) is 5.02 Å². The van der Waals surface area contributed by atoms with Gasteiger partial charge < -0.3 is 14.8 Å². The van der Waals surface area contributed by atoms with Gasteiger partial charge in [0.15, 0.2) is 16.4 Å². The lowest BCUT2D eigenvalue weighted by atomic mass is 10.2. The molecular formula is C14H16ClNO6S. The van der Waals surface area contributed by atoms with E-state index in [-0.39, 0.29) is 29.4 Å². The number of amides is 1. The molecule has 0 aromatic heterocycles. The smallest absolute Gasteiger partial charge is 0.341 e. The van der Waals surface area contributed by atoms with Gasteiger partial charge in [0.1, 0.15) is 11.3 Å². The fourth-order valence-electron chi connectivity index (χ4n) is 2.22. The predicted octanol–water partition coefficient (Wildman–Crippen LogP) is 0.809. The van der Waals surface area contributed by atoms with Crippen molar-refractivity contribution in [3.63, 3.8) is 0 Å². The second kappa shape index (κ2) is 7.18. The van der Waals surface area contributed by atoms with Crippen molar-refractivity contribution in [3.05, 3.63) is 28.8 Å². The number of halogens is 1. The summed E-state index contributed by atoms with van der Waals surface area (Å²) >= 11 is 5.82. The van der Waals surface area contributed by atoms with Gasteiger partial charge in [0.05, 0.1) is 18.6 Å². The summed E-state index contributed by atoms with van der Waals surface area (Å²) in [5.41, 5.74) is 0.108. The highest BCUT2D eigenvalue weighted by Gasteiger charge is 2.29. The van der Waals surface area contributed by atoms with Crippen LogP contribution >= 0.6 is 11.6 Å². The Bertz CT molecular complexity index is 718. The molecule has 1 fully saturated rings. The molecule has 0 spiro atoms. The van der Waals surface area contributed by atoms with E-state index < -0.39 is 27.8 Å². The van der Waals surface area contributed by atoms with Crippen LogP contribution in [0.1, 0.15) is 16.8 Å². The minimum atomic E-state index is -3.07. The Kier molecular flexibility index (Phi) is 5.48. The summed E-state index contributed by atoms with van der Waals surface area (Å²) in [7, 11) is -1.84. The standard InChI is InChI=1S/C14H16ClNO6S/c1-21-14(18)11-6-9(15)2-3-12(11)22-7-13(17)16-10-4-5-23(19,20)8-10/h2-3,6,10H,4-5,7-8H2,1H3,(H,16,17)/t10-/m1/s1. The first-order chi connectivity index (χ1) is 10.8. The summed E-state index contributed by atoms with van der Waals surface area (Å²) in [6.45, 7) is -0.345. The zero-order chi connectivity index (χ0) is 17.0. The molecule has 1 N–H and O–H groups in total. The summed E-state index contributed by atoms with van der Waals surface area (Å²) in [6.07, 6.45) is 0.391. The van der Waals surface area contributed by atoms with Crippen LogP contribution in [0.3, 0.4) is 0 Å². The van der Waals surface area contributed by atoms with E-state index >= 15 is 0 Å². The van der Waals surface area contributed by atoms with E-state index in [0.29, 0.717) is 11.4 Å². The lowest BCUT2D eigenvalue weighted by molar-refractivity contribution is -0.123. The van der Waals surface area contributed by atoms with Crippen molar-refractivity contribution in [1.82, 2.24) is 5.32 Å². The lowest BCUT2D eigenvalue weighted by Gasteiger charge is -2.13. The van der Waals surface area contributed by atoms with Crippen molar-refractivity contribution in [2.45, 2.75) is 12.5 Å². The molecular weight excluding hydrogens is 346 g/mol. The van der Waals surface area contributed by atoms with Crippen molar-refractivity contribution >= 4 is 33.3 Å². The molecule has 0 aliphatic carbocycles. The van der Waals surface area contributed by atoms with Crippen molar-refractivity contribution in [2.24, 2.45) is 0 Å². The van der Waals surface area contributed by atoms with Crippen LogP contribution in [0.4, 0.5) is 0 Å². The predicted molar refractivity (Wildman–Crippen MR) is 83.5 cm³/mol. The summed E-state index contributed by atoms with van der Waals surface area (Å²) in [5, 5.41) is 2.93. The SMILES string of the molecule is COC(=O)c1cc(Cl)ccc1OCC(=O)N[C@@H]1CCS(=O)(=O)C1. The third-order valence-electron chi connectivity index (χ3n) is 3.30. The first kappa shape index (κ1) is 17.6. The average molecular weight is 362 g/mol. The minimum absolute atomic E-state index is 0.0624. The number of ether oxygens (including phenoxy) is 2. The van der Waals surface area contributed by atoms with E-state index in [1.807, 2.05) is 0 Å². The number of nitrogens with one attached hydrogen (secondary N) is 1. The number of sulfone groups is 1. The molecule has 0 unspecified atom stereocenters. The van der Waals surface area contributed by atoms with Crippen molar-refractivity contribution in [3.8, 4) is 5.75 Å². The minimum Gasteiger partial charge on any atom is -0.483 e. The first-order valence-electron chi connectivity index (χ1n) is 6.81. The van der Waals surface area contributed by atoms with Gasteiger partial charge in [0, 0.05) is 11.1 Å². The molecule has 7 nitrogen and oxygen atoms in total. The Morgan fingerprint density at radius 3 is 2.74 bits per heavy atom. The molecule has 1 atom stereocenters. The second-order valence-corrected chi connectivity index (χ2v) is 7.75. The van der Waals surface area contributed by atoms with Crippen LogP contribution < -0.4 is 10.1 Å². The first-order valence-corrected chi connectivity index (χ1v) is 9.01. The average Bonchev–Trinajstić information content (AvgIpc) is 2.83. The Morgan fingerprint density at radius 2 is 2.13 bits per heavy atom. The van der Waals surface area contributed by atoms with E-state index in [9.17, 15) is 18.0 Å². The van der Waals surface area contributed by atoms with Crippen LogP contribution in [0.25, 0.3) is 0 Å². The molecule has 1 heterocycles. The van der Waals surface area contributed by atoms with Crippen LogP contribution in [0.5, 0.6) is 5.75 Å². The van der Waals surface area contributed by atoms with Gasteiger partial charge in [-0.05, 0) is 24.6 Å². The van der Waals surface area contributed by atoms with E-state index in [1.165, 1.54) is 25.3 Å². The van der Waals surface area contributed by atoms with Gasteiger partial charge >= 0.3 is 5.97 Å². The number of hydrogen-bond acceptors (Lipinski definition) is 6. The van der Waals surface area contributed by atoms with Crippen molar-refractivity contribution < 1.29 is 27.5 Å². The van der Waals surface area contributed by atoms with Crippen LogP contribution in [-0.4, -0.2) is 51.6 Å². The highest BCUT2D eigenvalue weighted by molar-refractivity contribution is 7.91. The quantitative estimate of drug-likeness (QED) is 0.779. The van der Waals surface area contributed by atoms with E-state index in [0.717, 1.165) is 0 Å². The Labute approximate surface area is 138 Å². The molecule has 9 heteroatoms. The second-order valence-electron chi connectivity index (χ2n) is 5.09. The fourth-order valence-corrected chi connectivity index (χ4v) is 4.06. The molecule has 0 bridgehead atoms. The van der Waals surface area contributed by atoms with Gasteiger partial charge in [-0.1, -0.05) is 11.6 Å². The molecule has 23 heavy (non-hydrogen) atoms. The Morgan fingerprint density at radius 1 is 1.39 bits per heavy atom. The van der Waals surface area contributed by atoms with Gasteiger partial charge in [0.25, 0.3) is 5.91 Å². The van der Waals surface area contributed by atoms with Gasteiger partial charge in [-0.3, -0.25) is 4.79 Å². The number of rotatable bonds is 5. The highest BCUT2D eigenvalue weighted by atomic mass is 35.5. The molecule has 2 rings (SSSR count). The molecule has 0 saturated carbocycles. The zero-order valence-electron chi connectivity index (χ0n) is 12.4. The molecule has 1 aromatic carbocycles. The van der Waals surface area contributed by atoms with Crippen molar-refractivity contribution in [1.29, 1.82) is 0 Å². The molecule has 1 aliphatic rings. The third kappa shape index (κ3) is 4.84. The largest absolute Gasteiger partial charge is 0.483 e. The highest BCUT2D eigenvalue weighted by Crippen LogP contribution is 2.23. The normalized spacial score (nSPS) is 19.1. The number of benzene rings is 1. The molecule has 1 aliphatic heterocycles. The lowest BCUT2D eigenvalue weighted by Crippen LogP contribution is -2.38. The molecule has 126 valence electrons. The maximum Gasteiger partial charge on any atom is 0.341 e. The summed E-state index contributed by atoms with van der Waals surface area (Å²) < 4.78 is 32.6.